The molecule has 2 fully saturated rings. The zero-order chi connectivity index (χ0) is 12.6. The lowest BCUT2D eigenvalue weighted by molar-refractivity contribution is 0.268. The van der Waals surface area contributed by atoms with Crippen LogP contribution in [0.1, 0.15) is 18.4 Å². The van der Waals surface area contributed by atoms with Gasteiger partial charge in [0.25, 0.3) is 0 Å². The molecule has 0 bridgehead atoms. The lowest BCUT2D eigenvalue weighted by Crippen LogP contribution is -2.28. The second kappa shape index (κ2) is 4.80. The second-order valence-corrected chi connectivity index (χ2v) is 6.04. The molecule has 2 heterocycles. The van der Waals surface area contributed by atoms with Gasteiger partial charge >= 0.3 is 0 Å². The number of rotatable bonds is 2. The van der Waals surface area contributed by atoms with Crippen molar-refractivity contribution in [2.75, 3.05) is 26.2 Å². The average molecular weight is 269 g/mol. The number of likely N-dealkylation sites (tertiary alicyclic amines) is 1. The van der Waals surface area contributed by atoms with E-state index in [1.807, 2.05) is 6.07 Å². The molecule has 2 aliphatic rings. The number of nitrogens with zero attached hydrogens (tertiary/aromatic N) is 1. The van der Waals surface area contributed by atoms with Crippen LogP contribution in [0.25, 0.3) is 0 Å². The molecule has 0 aliphatic carbocycles. The molecule has 2 aliphatic heterocycles. The van der Waals surface area contributed by atoms with Gasteiger partial charge in [0.15, 0.2) is 0 Å². The molecular weight excluding hydrogens is 251 g/mol. The minimum absolute atomic E-state index is 0.226. The van der Waals surface area contributed by atoms with Crippen LogP contribution < -0.4 is 5.32 Å². The first kappa shape index (κ1) is 12.4. The Bertz CT molecular complexity index is 443. The topological polar surface area (TPSA) is 15.3 Å². The first-order valence-corrected chi connectivity index (χ1v) is 6.92. The highest BCUT2D eigenvalue weighted by molar-refractivity contribution is 6.30. The van der Waals surface area contributed by atoms with Gasteiger partial charge in [-0.05, 0) is 49.0 Å². The van der Waals surface area contributed by atoms with E-state index in [0.717, 1.165) is 38.3 Å². The molecule has 4 heteroatoms. The molecule has 2 saturated heterocycles. The third kappa shape index (κ3) is 2.40. The van der Waals surface area contributed by atoms with Gasteiger partial charge in [-0.1, -0.05) is 17.7 Å². The number of benzene rings is 1. The van der Waals surface area contributed by atoms with E-state index in [4.69, 9.17) is 11.6 Å². The fraction of sp³-hybridized carbons (Fsp3) is 0.571. The summed E-state index contributed by atoms with van der Waals surface area (Å²) in [4.78, 5) is 2.45. The largest absolute Gasteiger partial charge is 0.316 e. The predicted octanol–water partition coefficient (Wildman–Crippen LogP) is 2.66. The van der Waals surface area contributed by atoms with E-state index in [-0.39, 0.29) is 10.8 Å². The van der Waals surface area contributed by atoms with Gasteiger partial charge < -0.3 is 5.32 Å². The van der Waals surface area contributed by atoms with E-state index in [2.05, 4.69) is 10.2 Å². The summed E-state index contributed by atoms with van der Waals surface area (Å²) in [5.74, 6) is -0.335. The van der Waals surface area contributed by atoms with Gasteiger partial charge in [0.1, 0.15) is 5.82 Å². The van der Waals surface area contributed by atoms with Gasteiger partial charge in [-0.15, -0.1) is 0 Å². The highest BCUT2D eigenvalue weighted by Gasteiger charge is 2.39. The van der Waals surface area contributed by atoms with E-state index < -0.39 is 0 Å². The second-order valence-electron chi connectivity index (χ2n) is 5.64. The summed E-state index contributed by atoms with van der Waals surface area (Å²) in [5.41, 5.74) is 1.59. The van der Waals surface area contributed by atoms with Gasteiger partial charge in [-0.25, -0.2) is 4.39 Å². The zero-order valence-corrected chi connectivity index (χ0v) is 11.1. The maximum Gasteiger partial charge on any atom is 0.141 e. The van der Waals surface area contributed by atoms with E-state index in [1.165, 1.54) is 18.9 Å². The Morgan fingerprint density at radius 1 is 1.39 bits per heavy atom. The molecule has 1 spiro atoms. The van der Waals surface area contributed by atoms with Gasteiger partial charge in [-0.2, -0.15) is 0 Å². The Labute approximate surface area is 112 Å². The molecule has 1 atom stereocenters. The third-order valence-electron chi connectivity index (χ3n) is 4.24. The van der Waals surface area contributed by atoms with E-state index >= 15 is 0 Å². The lowest BCUT2D eigenvalue weighted by atomic mass is 9.86. The molecule has 0 saturated carbocycles. The number of nitrogens with one attached hydrogen (secondary N) is 1. The highest BCUT2D eigenvalue weighted by Crippen LogP contribution is 2.36. The Kier molecular flexibility index (Phi) is 3.31. The SMILES string of the molecule is Fc1ccc(CN2CCC3(CCNC3)C2)cc1Cl. The Balaban J connectivity index is 1.65. The first-order valence-electron chi connectivity index (χ1n) is 6.54. The quantitative estimate of drug-likeness (QED) is 0.887. The summed E-state index contributed by atoms with van der Waals surface area (Å²) in [6.45, 7) is 5.46. The van der Waals surface area contributed by atoms with Crippen molar-refractivity contribution < 1.29 is 4.39 Å². The standard InChI is InChI=1S/C14H18ClFN2/c15-12-7-11(1-2-13(12)16)8-18-6-4-14(10-18)3-5-17-9-14/h1-2,7,17H,3-6,8-10H2. The summed E-state index contributed by atoms with van der Waals surface area (Å²) >= 11 is 5.82. The molecule has 98 valence electrons. The van der Waals surface area contributed by atoms with Crippen LogP contribution in [0.4, 0.5) is 4.39 Å². The van der Waals surface area contributed by atoms with Crippen molar-refractivity contribution in [2.24, 2.45) is 5.41 Å². The number of halogens is 2. The van der Waals surface area contributed by atoms with Gasteiger partial charge in [0.2, 0.25) is 0 Å². The molecule has 0 radical (unpaired) electrons. The van der Waals surface area contributed by atoms with Gasteiger partial charge in [0, 0.05) is 19.6 Å². The first-order chi connectivity index (χ1) is 8.67. The van der Waals surface area contributed by atoms with Crippen molar-refractivity contribution in [3.05, 3.63) is 34.6 Å². The van der Waals surface area contributed by atoms with Crippen LogP contribution in [-0.2, 0) is 6.54 Å². The molecule has 1 aromatic carbocycles. The maximum absolute atomic E-state index is 13.1. The van der Waals surface area contributed by atoms with Crippen molar-refractivity contribution in [3.63, 3.8) is 0 Å². The van der Waals surface area contributed by atoms with Crippen molar-refractivity contribution in [1.82, 2.24) is 10.2 Å². The van der Waals surface area contributed by atoms with Crippen molar-refractivity contribution in [1.29, 1.82) is 0 Å². The monoisotopic (exact) mass is 268 g/mol. The fourth-order valence-corrected chi connectivity index (χ4v) is 3.41. The Hall–Kier alpha value is -0.640. The molecule has 1 N–H and O–H groups in total. The maximum atomic E-state index is 13.1. The van der Waals surface area contributed by atoms with Crippen LogP contribution in [-0.4, -0.2) is 31.1 Å². The van der Waals surface area contributed by atoms with E-state index in [0.29, 0.717) is 5.41 Å². The summed E-state index contributed by atoms with van der Waals surface area (Å²) in [6.07, 6.45) is 2.56. The van der Waals surface area contributed by atoms with Crippen LogP contribution in [0.3, 0.4) is 0 Å². The molecule has 0 aromatic heterocycles. The fourth-order valence-electron chi connectivity index (χ4n) is 3.20. The van der Waals surface area contributed by atoms with Gasteiger partial charge in [0.05, 0.1) is 5.02 Å². The highest BCUT2D eigenvalue weighted by atomic mass is 35.5. The molecule has 18 heavy (non-hydrogen) atoms. The molecule has 0 amide bonds. The van der Waals surface area contributed by atoms with E-state index in [9.17, 15) is 4.39 Å². The summed E-state index contributed by atoms with van der Waals surface area (Å²) < 4.78 is 13.1. The number of hydrogen-bond donors (Lipinski definition) is 1. The summed E-state index contributed by atoms with van der Waals surface area (Å²) in [5, 5.41) is 3.68. The predicted molar refractivity (Wildman–Crippen MR) is 71.2 cm³/mol. The number of hydrogen-bond acceptors (Lipinski definition) is 2. The summed E-state index contributed by atoms with van der Waals surface area (Å²) in [6, 6.07) is 5.04. The van der Waals surface area contributed by atoms with Crippen LogP contribution >= 0.6 is 11.6 Å². The van der Waals surface area contributed by atoms with E-state index in [1.54, 1.807) is 6.07 Å². The minimum atomic E-state index is -0.335. The smallest absolute Gasteiger partial charge is 0.141 e. The molecular formula is C14H18ClFN2. The van der Waals surface area contributed by atoms with Crippen LogP contribution in [0.15, 0.2) is 18.2 Å². The van der Waals surface area contributed by atoms with Crippen LogP contribution in [0.5, 0.6) is 0 Å². The Morgan fingerprint density at radius 2 is 2.28 bits per heavy atom. The van der Waals surface area contributed by atoms with Crippen LogP contribution in [0, 0.1) is 11.2 Å². The minimum Gasteiger partial charge on any atom is -0.316 e. The lowest BCUT2D eigenvalue weighted by Gasteiger charge is -2.22. The van der Waals surface area contributed by atoms with Crippen molar-refractivity contribution in [3.8, 4) is 0 Å². The molecule has 2 nitrogen and oxygen atoms in total. The molecule has 1 aromatic rings. The molecule has 3 rings (SSSR count). The zero-order valence-electron chi connectivity index (χ0n) is 10.4. The van der Waals surface area contributed by atoms with Crippen LogP contribution in [0.2, 0.25) is 5.02 Å². The normalized spacial score (nSPS) is 28.3. The molecule has 1 unspecified atom stereocenters. The average Bonchev–Trinajstić information content (AvgIpc) is 2.96. The van der Waals surface area contributed by atoms with Crippen molar-refractivity contribution >= 4 is 11.6 Å². The summed E-state index contributed by atoms with van der Waals surface area (Å²) in [7, 11) is 0. The third-order valence-corrected chi connectivity index (χ3v) is 4.53. The van der Waals surface area contributed by atoms with Gasteiger partial charge in [-0.3, -0.25) is 4.90 Å². The van der Waals surface area contributed by atoms with Crippen molar-refractivity contribution in [2.45, 2.75) is 19.4 Å². The Morgan fingerprint density at radius 3 is 3.00 bits per heavy atom.